The van der Waals surface area contributed by atoms with Crippen LogP contribution in [0, 0.1) is 10.1 Å². The number of aromatic carboxylic acids is 1. The molecule has 0 aliphatic rings. The van der Waals surface area contributed by atoms with E-state index in [1.54, 1.807) is 24.3 Å². The summed E-state index contributed by atoms with van der Waals surface area (Å²) in [5.74, 6) is -1.20. The second-order valence-electron chi connectivity index (χ2n) is 4.77. The first-order valence-electron chi connectivity index (χ1n) is 6.52. The number of carboxylic acids is 1. The van der Waals surface area contributed by atoms with E-state index in [0.717, 1.165) is 0 Å². The normalized spacial score (nSPS) is 10.7. The highest BCUT2D eigenvalue weighted by atomic mass is 35.5. The predicted molar refractivity (Wildman–Crippen MR) is 86.6 cm³/mol. The summed E-state index contributed by atoms with van der Waals surface area (Å²) in [6, 6.07) is 11.2. The number of hydrogen-bond donors (Lipinski definition) is 3. The van der Waals surface area contributed by atoms with Crippen molar-refractivity contribution in [3.63, 3.8) is 0 Å². The van der Waals surface area contributed by atoms with Gasteiger partial charge in [0.05, 0.1) is 15.6 Å². The van der Waals surface area contributed by atoms with Crippen molar-refractivity contribution in [3.05, 3.63) is 63.3 Å². The van der Waals surface area contributed by atoms with Crippen LogP contribution < -0.4 is 5.32 Å². The topological polar surface area (TPSA) is 108 Å². The van der Waals surface area contributed by atoms with Crippen molar-refractivity contribution in [2.75, 3.05) is 5.32 Å². The number of rotatable bonds is 4. The van der Waals surface area contributed by atoms with Crippen LogP contribution in [0.3, 0.4) is 0 Å². The Morgan fingerprint density at radius 3 is 2.61 bits per heavy atom. The van der Waals surface area contributed by atoms with Gasteiger partial charge in [0.25, 0.3) is 5.69 Å². The molecule has 0 spiro atoms. The van der Waals surface area contributed by atoms with Gasteiger partial charge in [0.15, 0.2) is 0 Å². The number of carbonyl (C=O) groups is 1. The van der Waals surface area contributed by atoms with Gasteiger partial charge in [0.2, 0.25) is 0 Å². The highest BCUT2D eigenvalue weighted by Crippen LogP contribution is 2.35. The smallest absolute Gasteiger partial charge is 0.352 e. The summed E-state index contributed by atoms with van der Waals surface area (Å²) in [7, 11) is 0. The van der Waals surface area contributed by atoms with Crippen LogP contribution in [-0.2, 0) is 0 Å². The Bertz CT molecular complexity index is 936. The van der Waals surface area contributed by atoms with Gasteiger partial charge in [-0.1, -0.05) is 23.7 Å². The molecular weight excluding hydrogens is 322 g/mol. The van der Waals surface area contributed by atoms with Gasteiger partial charge in [-0.05, 0) is 24.3 Å². The molecule has 8 heteroatoms. The van der Waals surface area contributed by atoms with Gasteiger partial charge in [0.1, 0.15) is 11.2 Å². The third-order valence-electron chi connectivity index (χ3n) is 3.34. The Labute approximate surface area is 134 Å². The predicted octanol–water partition coefficient (Wildman–Crippen LogP) is 4.17. The van der Waals surface area contributed by atoms with Crippen molar-refractivity contribution in [1.82, 2.24) is 4.98 Å². The average Bonchev–Trinajstić information content (AvgIpc) is 2.95. The van der Waals surface area contributed by atoms with Crippen LogP contribution in [-0.4, -0.2) is 21.0 Å². The summed E-state index contributed by atoms with van der Waals surface area (Å²) >= 11 is 6.09. The molecule has 1 aromatic heterocycles. The fourth-order valence-corrected chi connectivity index (χ4v) is 2.47. The van der Waals surface area contributed by atoms with Crippen LogP contribution >= 0.6 is 11.6 Å². The van der Waals surface area contributed by atoms with Crippen LogP contribution in [0.2, 0.25) is 5.02 Å². The number of halogens is 1. The van der Waals surface area contributed by atoms with Crippen molar-refractivity contribution >= 4 is 45.5 Å². The van der Waals surface area contributed by atoms with E-state index in [1.165, 1.54) is 18.2 Å². The minimum atomic E-state index is -1.20. The molecule has 3 aromatic rings. The maximum absolute atomic E-state index is 11.1. The van der Waals surface area contributed by atoms with E-state index in [-0.39, 0.29) is 16.9 Å². The Hall–Kier alpha value is -3.06. The van der Waals surface area contributed by atoms with E-state index in [4.69, 9.17) is 16.7 Å². The summed E-state index contributed by atoms with van der Waals surface area (Å²) in [5, 5.41) is 24.2. The third-order valence-corrected chi connectivity index (χ3v) is 3.67. The number of carboxylic acid groups (broad SMARTS) is 1. The average molecular weight is 332 g/mol. The second-order valence-corrected chi connectivity index (χ2v) is 5.18. The number of H-pyrrole nitrogens is 1. The molecule has 7 nitrogen and oxygen atoms in total. The monoisotopic (exact) mass is 331 g/mol. The van der Waals surface area contributed by atoms with Crippen molar-refractivity contribution < 1.29 is 14.8 Å². The molecule has 1 heterocycles. The highest BCUT2D eigenvalue weighted by molar-refractivity contribution is 6.33. The fraction of sp³-hybridized carbons (Fsp3) is 0. The molecule has 3 rings (SSSR count). The number of non-ortho nitro benzene ring substituents is 1. The number of nitro groups is 1. The number of anilines is 2. The van der Waals surface area contributed by atoms with E-state index in [1.807, 2.05) is 0 Å². The van der Waals surface area contributed by atoms with E-state index in [2.05, 4.69) is 10.3 Å². The van der Waals surface area contributed by atoms with Gasteiger partial charge in [-0.3, -0.25) is 10.1 Å². The molecule has 0 aliphatic carbocycles. The summed E-state index contributed by atoms with van der Waals surface area (Å²) in [4.78, 5) is 24.3. The van der Waals surface area contributed by atoms with Crippen LogP contribution in [0.25, 0.3) is 10.9 Å². The van der Waals surface area contributed by atoms with Crippen LogP contribution in [0.1, 0.15) is 10.5 Å². The van der Waals surface area contributed by atoms with Gasteiger partial charge in [-0.15, -0.1) is 0 Å². The Morgan fingerprint density at radius 2 is 1.96 bits per heavy atom. The molecule has 0 amide bonds. The fourth-order valence-electron chi connectivity index (χ4n) is 2.29. The van der Waals surface area contributed by atoms with Crippen LogP contribution in [0.5, 0.6) is 0 Å². The molecule has 0 bridgehead atoms. The third kappa shape index (κ3) is 2.69. The molecule has 0 saturated heterocycles. The lowest BCUT2D eigenvalue weighted by Crippen LogP contribution is -1.95. The standard InChI is InChI=1S/C15H10ClN3O4/c16-9-3-1-2-4-11(9)17-10-5-6-13(19(22)23)14-8(10)7-12(18-14)15(20)21/h1-7,17-18H,(H,20,21). The molecule has 3 N–H and O–H groups in total. The van der Waals surface area contributed by atoms with Crippen LogP contribution in [0.4, 0.5) is 17.1 Å². The highest BCUT2D eigenvalue weighted by Gasteiger charge is 2.19. The molecule has 0 fully saturated rings. The summed E-state index contributed by atoms with van der Waals surface area (Å²) in [5.41, 5.74) is 0.947. The number of aromatic nitrogens is 1. The summed E-state index contributed by atoms with van der Waals surface area (Å²) in [6.07, 6.45) is 0. The van der Waals surface area contributed by atoms with Crippen molar-refractivity contribution in [3.8, 4) is 0 Å². The number of benzene rings is 2. The maximum atomic E-state index is 11.1. The Kier molecular flexibility index (Phi) is 3.63. The molecule has 0 atom stereocenters. The first-order chi connectivity index (χ1) is 11.0. The first kappa shape index (κ1) is 14.9. The number of nitrogens with one attached hydrogen (secondary N) is 2. The molecule has 0 aliphatic heterocycles. The number of nitro benzene ring substituents is 1. The van der Waals surface area contributed by atoms with Gasteiger partial charge >= 0.3 is 5.97 Å². The minimum absolute atomic E-state index is 0.128. The molecule has 116 valence electrons. The number of para-hydroxylation sites is 1. The minimum Gasteiger partial charge on any atom is -0.477 e. The lowest BCUT2D eigenvalue weighted by Gasteiger charge is -2.09. The number of nitrogens with zero attached hydrogens (tertiary/aromatic N) is 1. The maximum Gasteiger partial charge on any atom is 0.352 e. The zero-order valence-electron chi connectivity index (χ0n) is 11.5. The molecule has 2 aromatic carbocycles. The second kappa shape index (κ2) is 5.62. The molecule has 0 radical (unpaired) electrons. The van der Waals surface area contributed by atoms with Crippen molar-refractivity contribution in [2.24, 2.45) is 0 Å². The van der Waals surface area contributed by atoms with E-state index >= 15 is 0 Å². The first-order valence-corrected chi connectivity index (χ1v) is 6.90. The van der Waals surface area contributed by atoms with Gasteiger partial charge < -0.3 is 15.4 Å². The number of fused-ring (bicyclic) bond motifs is 1. The Morgan fingerprint density at radius 1 is 1.22 bits per heavy atom. The quantitative estimate of drug-likeness (QED) is 0.491. The summed E-state index contributed by atoms with van der Waals surface area (Å²) < 4.78 is 0. The van der Waals surface area contributed by atoms with Gasteiger partial charge in [-0.2, -0.15) is 0 Å². The van der Waals surface area contributed by atoms with Gasteiger partial charge in [-0.25, -0.2) is 4.79 Å². The van der Waals surface area contributed by atoms with E-state index < -0.39 is 10.9 Å². The largest absolute Gasteiger partial charge is 0.477 e. The van der Waals surface area contributed by atoms with E-state index in [0.29, 0.717) is 21.8 Å². The summed E-state index contributed by atoms with van der Waals surface area (Å²) in [6.45, 7) is 0. The molecule has 23 heavy (non-hydrogen) atoms. The lowest BCUT2D eigenvalue weighted by atomic mass is 10.1. The zero-order valence-corrected chi connectivity index (χ0v) is 12.3. The zero-order chi connectivity index (χ0) is 16.6. The lowest BCUT2D eigenvalue weighted by molar-refractivity contribution is -0.383. The van der Waals surface area contributed by atoms with Crippen LogP contribution in [0.15, 0.2) is 42.5 Å². The van der Waals surface area contributed by atoms with E-state index in [9.17, 15) is 14.9 Å². The SMILES string of the molecule is O=C(O)c1cc2c(Nc3ccccc3Cl)ccc([N+](=O)[O-])c2[nH]1. The molecular formula is C15H10ClN3O4. The van der Waals surface area contributed by atoms with Gasteiger partial charge in [0, 0.05) is 17.1 Å². The number of hydrogen-bond acceptors (Lipinski definition) is 4. The molecule has 0 saturated carbocycles. The Balaban J connectivity index is 2.18. The van der Waals surface area contributed by atoms with Crippen molar-refractivity contribution in [1.29, 1.82) is 0 Å². The molecule has 0 unspecified atom stereocenters. The van der Waals surface area contributed by atoms with Crippen molar-refractivity contribution in [2.45, 2.75) is 0 Å². The number of aromatic amines is 1.